The van der Waals surface area contributed by atoms with Crippen LogP contribution in [-0.2, 0) is 22.6 Å². The first kappa shape index (κ1) is 32.3. The Hall–Kier alpha value is -3.92. The lowest BCUT2D eigenvalue weighted by Gasteiger charge is -2.22. The highest BCUT2D eigenvalue weighted by atomic mass is 19.4. The first-order valence-corrected chi connectivity index (χ1v) is 11.9. The second-order valence-electron chi connectivity index (χ2n) is 9.47. The smallest absolute Gasteiger partial charge is 0.419 e. The van der Waals surface area contributed by atoms with Gasteiger partial charge in [0, 0.05) is 12.0 Å². The number of halogens is 6. The van der Waals surface area contributed by atoms with E-state index in [9.17, 15) is 31.1 Å². The molecule has 0 aliphatic rings. The highest BCUT2D eigenvalue weighted by Crippen LogP contribution is 2.38. The Morgan fingerprint density at radius 3 is 2.23 bits per heavy atom. The summed E-state index contributed by atoms with van der Waals surface area (Å²) in [6.07, 6.45) is -4.73. The average Bonchev–Trinajstić information content (AvgIpc) is 3.36. The molecule has 216 valence electrons. The lowest BCUT2D eigenvalue weighted by atomic mass is 9.94. The molecular formula is C27H28F6N4O3. The minimum Gasteiger partial charge on any atom is -0.419 e. The normalized spacial score (nSPS) is 12.7. The first-order chi connectivity index (χ1) is 18.4. The third kappa shape index (κ3) is 8.54. The van der Waals surface area contributed by atoms with Crippen molar-refractivity contribution in [1.29, 1.82) is 5.26 Å². The van der Waals surface area contributed by atoms with E-state index in [1.807, 2.05) is 13.0 Å². The van der Waals surface area contributed by atoms with E-state index in [1.165, 1.54) is 19.1 Å². The number of ketones is 1. The van der Waals surface area contributed by atoms with Crippen LogP contribution in [0.1, 0.15) is 56.7 Å². The van der Waals surface area contributed by atoms with E-state index in [2.05, 4.69) is 14.9 Å². The molecule has 0 amide bonds. The van der Waals surface area contributed by atoms with Gasteiger partial charge in [0.15, 0.2) is 0 Å². The van der Waals surface area contributed by atoms with Gasteiger partial charge in [-0.1, -0.05) is 19.1 Å². The van der Waals surface area contributed by atoms with Crippen LogP contribution >= 0.6 is 0 Å². The van der Waals surface area contributed by atoms with Crippen LogP contribution in [0.25, 0.3) is 11.5 Å². The maximum absolute atomic E-state index is 14.5. The van der Waals surface area contributed by atoms with Crippen molar-refractivity contribution in [1.82, 2.24) is 10.2 Å². The van der Waals surface area contributed by atoms with Crippen LogP contribution in [0.5, 0.6) is 5.75 Å². The summed E-state index contributed by atoms with van der Waals surface area (Å²) in [4.78, 5) is 11.2. The minimum absolute atomic E-state index is 0.0149. The van der Waals surface area contributed by atoms with Gasteiger partial charge in [0.05, 0.1) is 17.7 Å². The van der Waals surface area contributed by atoms with Gasteiger partial charge in [-0.3, -0.25) is 4.79 Å². The molecule has 2 N–H and O–H groups in total. The summed E-state index contributed by atoms with van der Waals surface area (Å²) in [7, 11) is 0. The molecule has 0 saturated carbocycles. The molecule has 0 aliphatic heterocycles. The molecule has 0 spiro atoms. The summed E-state index contributed by atoms with van der Waals surface area (Å²) >= 11 is 0. The predicted octanol–water partition coefficient (Wildman–Crippen LogP) is 6.53. The molecule has 1 atom stereocenters. The molecule has 3 aromatic rings. The van der Waals surface area contributed by atoms with E-state index in [0.717, 1.165) is 25.0 Å². The zero-order valence-corrected chi connectivity index (χ0v) is 22.4. The zero-order valence-electron chi connectivity index (χ0n) is 22.4. The van der Waals surface area contributed by atoms with Gasteiger partial charge < -0.3 is 14.9 Å². The molecule has 0 radical (unpaired) electrons. The molecule has 13 heteroatoms. The Morgan fingerprint density at radius 1 is 1.12 bits per heavy atom. The minimum atomic E-state index is -4.60. The summed E-state index contributed by atoms with van der Waals surface area (Å²) in [5.74, 6) is -5.47. The number of aromatic nitrogens is 2. The summed E-state index contributed by atoms with van der Waals surface area (Å²) in [5.41, 5.74) is 4.67. The number of carbonyl (C=O) groups excluding carboxylic acids is 1. The van der Waals surface area contributed by atoms with Gasteiger partial charge in [-0.05, 0) is 69.5 Å². The number of benzene rings is 2. The van der Waals surface area contributed by atoms with Crippen molar-refractivity contribution in [3.05, 3.63) is 64.8 Å². The molecular weight excluding hydrogens is 542 g/mol. The number of Topliss-reactive ketones (excluding diaryl/α,β-unsaturated/α-hetero) is 1. The number of hydrogen-bond acceptors (Lipinski definition) is 7. The fourth-order valence-corrected chi connectivity index (χ4v) is 3.33. The van der Waals surface area contributed by atoms with Crippen molar-refractivity contribution in [3.63, 3.8) is 0 Å². The number of alkyl halides is 5. The first-order valence-electron chi connectivity index (χ1n) is 11.9. The van der Waals surface area contributed by atoms with Crippen LogP contribution in [0, 0.1) is 24.1 Å². The Bertz CT molecular complexity index is 1360. The number of hydrogen-bond donors (Lipinski definition) is 1. The second-order valence-corrected chi connectivity index (χ2v) is 9.47. The van der Waals surface area contributed by atoms with Gasteiger partial charge in [-0.2, -0.15) is 5.26 Å². The fraction of sp³-hybridized carbons (Fsp3) is 0.407. The predicted molar refractivity (Wildman–Crippen MR) is 133 cm³/mol. The molecule has 0 bridgehead atoms. The summed E-state index contributed by atoms with van der Waals surface area (Å²) in [5, 5.41) is 16.5. The van der Waals surface area contributed by atoms with E-state index in [4.69, 9.17) is 15.4 Å². The van der Waals surface area contributed by atoms with Crippen LogP contribution in [-0.4, -0.2) is 28.4 Å². The monoisotopic (exact) mass is 570 g/mol. The molecule has 3 rings (SSSR count). The van der Waals surface area contributed by atoms with E-state index in [-0.39, 0.29) is 28.7 Å². The summed E-state index contributed by atoms with van der Waals surface area (Å²) < 4.78 is 87.6. The fourth-order valence-electron chi connectivity index (χ4n) is 3.33. The van der Waals surface area contributed by atoms with E-state index in [1.54, 1.807) is 26.0 Å². The molecule has 0 fully saturated rings. The van der Waals surface area contributed by atoms with Crippen molar-refractivity contribution in [2.45, 2.75) is 71.2 Å². The third-order valence-corrected chi connectivity index (χ3v) is 5.74. The van der Waals surface area contributed by atoms with Crippen molar-refractivity contribution >= 4 is 5.78 Å². The largest absolute Gasteiger partial charge is 0.573 e. The standard InChI is InChI=1S/C18H19F3N4O2.C9H9F3O/c1-9-5-11(15-24-25-16(27-15)17(3,4)8-22)13(19)6-12(9)18(20,21)7-14(23)10(2)26;1-2-7-3-5-8(6-4-7)13-9(10,11)12/h5-6,14H,7,23H2,1-4H3;3-6H,2H2,1H3. The van der Waals surface area contributed by atoms with Gasteiger partial charge in [-0.25, -0.2) is 13.2 Å². The number of nitrogens with zero attached hydrogens (tertiary/aromatic N) is 3. The van der Waals surface area contributed by atoms with E-state index >= 15 is 0 Å². The van der Waals surface area contributed by atoms with Gasteiger partial charge >= 0.3 is 6.36 Å². The highest BCUT2D eigenvalue weighted by Gasteiger charge is 2.37. The quantitative estimate of drug-likeness (QED) is 0.306. The van der Waals surface area contributed by atoms with Crippen LogP contribution < -0.4 is 10.5 Å². The van der Waals surface area contributed by atoms with Gasteiger partial charge in [0.1, 0.15) is 22.8 Å². The SMILES string of the molecule is CC(=O)C(N)CC(F)(F)c1cc(F)c(-c2nnc(C(C)(C)C#N)o2)cc1C.CCc1ccc(OC(F)(F)F)cc1. The van der Waals surface area contributed by atoms with Crippen molar-refractivity contribution < 1.29 is 40.3 Å². The lowest BCUT2D eigenvalue weighted by molar-refractivity contribution is -0.274. The molecule has 0 aliphatic carbocycles. The Labute approximate surface area is 226 Å². The van der Waals surface area contributed by atoms with E-state index < -0.39 is 47.3 Å². The maximum atomic E-state index is 14.5. The third-order valence-electron chi connectivity index (χ3n) is 5.74. The molecule has 1 heterocycles. The summed E-state index contributed by atoms with van der Waals surface area (Å²) in [6, 6.07) is 8.31. The van der Waals surface area contributed by atoms with Gasteiger partial charge in [-0.15, -0.1) is 23.4 Å². The molecule has 2 aromatic carbocycles. The van der Waals surface area contributed by atoms with Crippen molar-refractivity contribution in [3.8, 4) is 23.3 Å². The van der Waals surface area contributed by atoms with Crippen molar-refractivity contribution in [2.24, 2.45) is 5.73 Å². The topological polar surface area (TPSA) is 115 Å². The molecule has 1 aromatic heterocycles. The van der Waals surface area contributed by atoms with Gasteiger partial charge in [0.25, 0.3) is 11.8 Å². The number of rotatable bonds is 8. The second kappa shape index (κ2) is 12.5. The molecule has 0 saturated heterocycles. The van der Waals surface area contributed by atoms with Crippen LogP contribution in [0.4, 0.5) is 26.3 Å². The average molecular weight is 571 g/mol. The summed E-state index contributed by atoms with van der Waals surface area (Å²) in [6.45, 7) is 7.52. The number of ether oxygens (including phenoxy) is 1. The van der Waals surface area contributed by atoms with Gasteiger partial charge in [0.2, 0.25) is 5.89 Å². The highest BCUT2D eigenvalue weighted by molar-refractivity contribution is 5.81. The molecule has 1 unspecified atom stereocenters. The van der Waals surface area contributed by atoms with Crippen LogP contribution in [0.15, 0.2) is 40.8 Å². The van der Waals surface area contributed by atoms with E-state index in [0.29, 0.717) is 6.07 Å². The Kier molecular flexibility index (Phi) is 10.1. The zero-order chi connectivity index (χ0) is 30.5. The van der Waals surface area contributed by atoms with Crippen LogP contribution in [0.3, 0.4) is 0 Å². The van der Waals surface area contributed by atoms with Crippen molar-refractivity contribution in [2.75, 3.05) is 0 Å². The molecule has 40 heavy (non-hydrogen) atoms. The number of carbonyl (C=O) groups is 1. The number of nitrogens with two attached hydrogens (primary N) is 1. The van der Waals surface area contributed by atoms with Crippen LogP contribution in [0.2, 0.25) is 0 Å². The Morgan fingerprint density at radius 2 is 1.73 bits per heavy atom. The maximum Gasteiger partial charge on any atom is 0.573 e. The number of aryl methyl sites for hydroxylation is 2. The number of nitriles is 1. The lowest BCUT2D eigenvalue weighted by Crippen LogP contribution is -2.34. The Balaban J connectivity index is 0.000000360. The molecule has 7 nitrogen and oxygen atoms in total.